The van der Waals surface area contributed by atoms with Gasteiger partial charge in [0, 0.05) is 26.5 Å². The van der Waals surface area contributed by atoms with E-state index in [1.54, 1.807) is 19.2 Å². The molecule has 1 aromatic carbocycles. The summed E-state index contributed by atoms with van der Waals surface area (Å²) in [5.41, 5.74) is 0.744. The van der Waals surface area contributed by atoms with E-state index in [1.807, 2.05) is 12.1 Å². The molecule has 0 saturated carbocycles. The van der Waals surface area contributed by atoms with Crippen LogP contribution in [0.15, 0.2) is 29.3 Å². The molecule has 1 fully saturated rings. The van der Waals surface area contributed by atoms with Gasteiger partial charge >= 0.3 is 17.9 Å². The van der Waals surface area contributed by atoms with Gasteiger partial charge in [-0.25, -0.2) is 0 Å². The first-order valence-corrected chi connectivity index (χ1v) is 10.3. The average Bonchev–Trinajstić information content (AvgIpc) is 3.07. The van der Waals surface area contributed by atoms with Crippen LogP contribution < -0.4 is 10.1 Å². The third-order valence-corrected chi connectivity index (χ3v) is 5.81. The van der Waals surface area contributed by atoms with Gasteiger partial charge < -0.3 is 29.0 Å². The molecule has 0 bridgehead atoms. The molecule has 2 aliphatic rings. The van der Waals surface area contributed by atoms with E-state index < -0.39 is 41.1 Å². The molecule has 3 rings (SSSR count). The van der Waals surface area contributed by atoms with Crippen molar-refractivity contribution in [1.29, 1.82) is 0 Å². The number of benzene rings is 1. The van der Waals surface area contributed by atoms with Crippen molar-refractivity contribution >= 4 is 40.5 Å². The van der Waals surface area contributed by atoms with Crippen molar-refractivity contribution in [3.8, 4) is 5.75 Å². The van der Waals surface area contributed by atoms with Crippen molar-refractivity contribution in [2.24, 2.45) is 4.99 Å². The second kappa shape index (κ2) is 9.56. The molecule has 168 valence electrons. The fourth-order valence-corrected chi connectivity index (χ4v) is 4.51. The molecule has 1 saturated heterocycles. The minimum Gasteiger partial charge on any atom is -0.497 e. The summed E-state index contributed by atoms with van der Waals surface area (Å²) in [5.74, 6) is -0.874. The summed E-state index contributed by atoms with van der Waals surface area (Å²) >= 11 is 1.22. The smallest absolute Gasteiger partial charge is 0.303 e. The van der Waals surface area contributed by atoms with Crippen LogP contribution in [0.2, 0.25) is 0 Å². The molecule has 4 unspecified atom stereocenters. The van der Waals surface area contributed by atoms with Gasteiger partial charge in [0.1, 0.15) is 18.4 Å². The summed E-state index contributed by atoms with van der Waals surface area (Å²) in [5, 5.41) is 3.65. The number of rotatable bonds is 6. The summed E-state index contributed by atoms with van der Waals surface area (Å²) < 4.78 is 27.2. The van der Waals surface area contributed by atoms with E-state index in [0.29, 0.717) is 10.9 Å². The maximum atomic E-state index is 11.8. The minimum atomic E-state index is -1.14. The van der Waals surface area contributed by atoms with Crippen molar-refractivity contribution < 1.29 is 38.1 Å². The molecule has 0 amide bonds. The number of aliphatic imine (C=N–C) groups is 1. The van der Waals surface area contributed by atoms with Crippen LogP contribution in [-0.4, -0.2) is 66.6 Å². The van der Waals surface area contributed by atoms with Gasteiger partial charge in [0.15, 0.2) is 22.3 Å². The SMILES string of the molecule is COc1ccc(NC2=NC3C(OC(C)=O)C(OC(C)=O)COC3(COC(C)=O)S2)cc1. The lowest BCUT2D eigenvalue weighted by Gasteiger charge is -2.43. The van der Waals surface area contributed by atoms with Gasteiger partial charge in [-0.1, -0.05) is 0 Å². The van der Waals surface area contributed by atoms with E-state index in [0.717, 1.165) is 5.69 Å². The molecular weight excluding hydrogens is 428 g/mol. The molecular formula is C20H24N2O8S. The Morgan fingerprint density at radius 1 is 1.13 bits per heavy atom. The first-order chi connectivity index (χ1) is 14.7. The van der Waals surface area contributed by atoms with E-state index in [9.17, 15) is 14.4 Å². The highest BCUT2D eigenvalue weighted by molar-refractivity contribution is 8.15. The lowest BCUT2D eigenvalue weighted by Crippen LogP contribution is -2.61. The second-order valence-electron chi connectivity index (χ2n) is 6.96. The number of nitrogens with one attached hydrogen (secondary N) is 1. The summed E-state index contributed by atoms with van der Waals surface area (Å²) in [4.78, 5) is 38.3. The first kappa shape index (κ1) is 22.9. The highest BCUT2D eigenvalue weighted by atomic mass is 32.2. The number of methoxy groups -OCH3 is 1. The van der Waals surface area contributed by atoms with Crippen molar-refractivity contribution in [3.05, 3.63) is 24.3 Å². The van der Waals surface area contributed by atoms with Crippen LogP contribution in [0.3, 0.4) is 0 Å². The number of anilines is 1. The number of hydrogen-bond acceptors (Lipinski definition) is 11. The fraction of sp³-hybridized carbons (Fsp3) is 0.500. The monoisotopic (exact) mass is 452 g/mol. The molecule has 1 N–H and O–H groups in total. The topological polar surface area (TPSA) is 122 Å². The Balaban J connectivity index is 1.89. The highest BCUT2D eigenvalue weighted by Crippen LogP contribution is 2.46. The highest BCUT2D eigenvalue weighted by Gasteiger charge is 2.59. The Bertz CT molecular complexity index is 874. The lowest BCUT2D eigenvalue weighted by atomic mass is 9.97. The number of carbonyl (C=O) groups is 3. The Kier molecular flexibility index (Phi) is 7.06. The minimum absolute atomic E-state index is 0.0480. The molecule has 4 atom stereocenters. The van der Waals surface area contributed by atoms with Gasteiger partial charge in [0.05, 0.1) is 13.7 Å². The summed E-state index contributed by atoms with van der Waals surface area (Å²) in [6, 6.07) is 6.43. The Morgan fingerprint density at radius 3 is 2.39 bits per heavy atom. The zero-order valence-corrected chi connectivity index (χ0v) is 18.4. The molecule has 0 radical (unpaired) electrons. The maximum absolute atomic E-state index is 11.8. The predicted octanol–water partition coefficient (Wildman–Crippen LogP) is 1.73. The Morgan fingerprint density at radius 2 is 1.81 bits per heavy atom. The summed E-state index contributed by atoms with van der Waals surface area (Å²) in [7, 11) is 1.58. The zero-order valence-electron chi connectivity index (χ0n) is 17.6. The number of thioether (sulfide) groups is 1. The number of esters is 3. The van der Waals surface area contributed by atoms with Gasteiger partial charge in [-0.3, -0.25) is 19.4 Å². The quantitative estimate of drug-likeness (QED) is 0.504. The van der Waals surface area contributed by atoms with E-state index >= 15 is 0 Å². The lowest BCUT2D eigenvalue weighted by molar-refractivity contribution is -0.201. The standard InChI is InChI=1S/C20H24N2O8S/c1-11(23)27-10-20-18(17(30-13(3)25)16(9-28-20)29-12(2)24)22-19(31-20)21-14-5-7-15(26-4)8-6-14/h5-8,16-18H,9-10H2,1-4H3,(H,21,22). The second-order valence-corrected chi connectivity index (χ2v) is 8.24. The zero-order chi connectivity index (χ0) is 22.6. The predicted molar refractivity (Wildman–Crippen MR) is 112 cm³/mol. The van der Waals surface area contributed by atoms with Crippen LogP contribution in [0.5, 0.6) is 5.75 Å². The van der Waals surface area contributed by atoms with E-state index in [-0.39, 0.29) is 13.2 Å². The van der Waals surface area contributed by atoms with Gasteiger partial charge in [0.2, 0.25) is 0 Å². The van der Waals surface area contributed by atoms with Gasteiger partial charge in [-0.05, 0) is 36.0 Å². The molecule has 31 heavy (non-hydrogen) atoms. The third-order valence-electron chi connectivity index (χ3n) is 4.58. The molecule has 0 aliphatic carbocycles. The van der Waals surface area contributed by atoms with Gasteiger partial charge in [-0.15, -0.1) is 0 Å². The number of ether oxygens (including phenoxy) is 5. The van der Waals surface area contributed by atoms with Crippen LogP contribution in [0.25, 0.3) is 0 Å². The van der Waals surface area contributed by atoms with Crippen LogP contribution >= 0.6 is 11.8 Å². The number of carbonyl (C=O) groups excluding carboxylic acids is 3. The van der Waals surface area contributed by atoms with Crippen molar-refractivity contribution in [1.82, 2.24) is 0 Å². The summed E-state index contributed by atoms with van der Waals surface area (Å²) in [6.07, 6.45) is -1.75. The first-order valence-electron chi connectivity index (χ1n) is 9.52. The average molecular weight is 452 g/mol. The molecule has 11 heteroatoms. The normalized spacial score (nSPS) is 26.8. The third kappa shape index (κ3) is 5.47. The Hall–Kier alpha value is -2.79. The van der Waals surface area contributed by atoms with Crippen LogP contribution in [0, 0.1) is 0 Å². The number of fused-ring (bicyclic) bond motifs is 1. The molecule has 0 aromatic heterocycles. The Labute approximate surface area is 183 Å². The number of nitrogens with zero attached hydrogens (tertiary/aromatic N) is 1. The molecule has 2 heterocycles. The van der Waals surface area contributed by atoms with Crippen LogP contribution in [0.1, 0.15) is 20.8 Å². The van der Waals surface area contributed by atoms with Gasteiger partial charge in [-0.2, -0.15) is 0 Å². The van der Waals surface area contributed by atoms with Crippen molar-refractivity contribution in [2.45, 2.75) is 44.0 Å². The van der Waals surface area contributed by atoms with E-state index in [1.165, 1.54) is 32.5 Å². The number of hydrogen-bond donors (Lipinski definition) is 1. The largest absolute Gasteiger partial charge is 0.497 e. The molecule has 1 aromatic rings. The molecule has 2 aliphatic heterocycles. The number of amidine groups is 1. The van der Waals surface area contributed by atoms with Crippen LogP contribution in [0.4, 0.5) is 5.69 Å². The fourth-order valence-electron chi connectivity index (χ4n) is 3.30. The maximum Gasteiger partial charge on any atom is 0.303 e. The summed E-state index contributed by atoms with van der Waals surface area (Å²) in [6.45, 7) is 3.63. The van der Waals surface area contributed by atoms with Crippen LogP contribution in [-0.2, 0) is 33.3 Å². The van der Waals surface area contributed by atoms with Gasteiger partial charge in [0.25, 0.3) is 0 Å². The van der Waals surface area contributed by atoms with E-state index in [4.69, 9.17) is 23.7 Å². The van der Waals surface area contributed by atoms with E-state index in [2.05, 4.69) is 10.3 Å². The molecule has 0 spiro atoms. The molecule has 10 nitrogen and oxygen atoms in total. The van der Waals surface area contributed by atoms with Crippen molar-refractivity contribution in [3.63, 3.8) is 0 Å². The van der Waals surface area contributed by atoms with Crippen molar-refractivity contribution in [2.75, 3.05) is 25.6 Å².